The predicted octanol–water partition coefficient (Wildman–Crippen LogP) is 6.45. The molecule has 1 unspecified atom stereocenters. The van der Waals surface area contributed by atoms with E-state index < -0.39 is 30.5 Å². The van der Waals surface area contributed by atoms with Gasteiger partial charge in [0.1, 0.15) is 0 Å². The third-order valence-electron chi connectivity index (χ3n) is 11.0. The molecule has 9 nitrogen and oxygen atoms in total. The van der Waals surface area contributed by atoms with Gasteiger partial charge in [-0.3, -0.25) is 4.79 Å². The minimum atomic E-state index is -4.77. The van der Waals surface area contributed by atoms with E-state index in [0.717, 1.165) is 75.9 Å². The second-order valence-corrected chi connectivity index (χ2v) is 14.0. The van der Waals surface area contributed by atoms with E-state index in [1.165, 1.54) is 0 Å². The second kappa shape index (κ2) is 10.1. The van der Waals surface area contributed by atoms with Gasteiger partial charge in [0.25, 0.3) is 5.89 Å². The molecule has 6 fully saturated rings. The number of aromatic nitrogens is 4. The van der Waals surface area contributed by atoms with Crippen LogP contribution in [0.3, 0.4) is 0 Å². The molecule has 1 N–H and O–H groups in total. The molecule has 234 valence electrons. The van der Waals surface area contributed by atoms with Gasteiger partial charge in [0.2, 0.25) is 11.8 Å². The highest BCUT2D eigenvalue weighted by Crippen LogP contribution is 2.53. The van der Waals surface area contributed by atoms with Gasteiger partial charge in [-0.15, -0.1) is 0 Å². The molecule has 0 spiro atoms. The van der Waals surface area contributed by atoms with Crippen molar-refractivity contribution in [3.8, 4) is 11.5 Å². The summed E-state index contributed by atoms with van der Waals surface area (Å²) in [6, 6.07) is 7.25. The fourth-order valence-corrected chi connectivity index (χ4v) is 7.74. The van der Waals surface area contributed by atoms with Crippen molar-refractivity contribution in [2.45, 2.75) is 106 Å². The van der Waals surface area contributed by atoms with Crippen molar-refractivity contribution in [1.82, 2.24) is 20.3 Å². The summed E-state index contributed by atoms with van der Waals surface area (Å²) in [5, 5.41) is 18.5. The molecule has 6 saturated carbocycles. The summed E-state index contributed by atoms with van der Waals surface area (Å²) in [4.78, 5) is 25.0. The van der Waals surface area contributed by atoms with Gasteiger partial charge in [-0.05, 0) is 107 Å². The summed E-state index contributed by atoms with van der Waals surface area (Å²) in [6.07, 6.45) is 3.81. The Kier molecular flexibility index (Phi) is 6.49. The number of aliphatic hydroxyl groups is 1. The number of benzene rings is 1. The molecule has 2 heterocycles. The number of rotatable bonds is 8. The summed E-state index contributed by atoms with van der Waals surface area (Å²) >= 11 is 0. The largest absolute Gasteiger partial charge is 0.417 e. The first-order chi connectivity index (χ1) is 21.1. The Hall–Kier alpha value is -3.28. The average molecular weight is 612 g/mol. The van der Waals surface area contributed by atoms with Crippen LogP contribution in [0.25, 0.3) is 11.5 Å². The number of halogens is 3. The van der Waals surface area contributed by atoms with Crippen LogP contribution in [0.2, 0.25) is 0 Å². The van der Waals surface area contributed by atoms with Gasteiger partial charge in [0.15, 0.2) is 17.2 Å². The van der Waals surface area contributed by atoms with Crippen LogP contribution in [0.15, 0.2) is 33.3 Å². The van der Waals surface area contributed by atoms with Crippen molar-refractivity contribution in [2.75, 3.05) is 11.4 Å². The van der Waals surface area contributed by atoms with Gasteiger partial charge in [-0.1, -0.05) is 16.4 Å². The van der Waals surface area contributed by atoms with E-state index in [-0.39, 0.29) is 17.2 Å². The summed E-state index contributed by atoms with van der Waals surface area (Å²) in [5.74, 6) is 2.56. The molecule has 0 radical (unpaired) electrons. The van der Waals surface area contributed by atoms with E-state index in [1.54, 1.807) is 11.0 Å². The van der Waals surface area contributed by atoms with Crippen molar-refractivity contribution in [3.05, 3.63) is 41.8 Å². The first kappa shape index (κ1) is 28.2. The number of hydrogen-bond acceptors (Lipinski definition) is 8. The van der Waals surface area contributed by atoms with Crippen LogP contribution in [0.4, 0.5) is 18.9 Å². The molecule has 9 rings (SSSR count). The van der Waals surface area contributed by atoms with Crippen molar-refractivity contribution in [2.24, 2.45) is 17.8 Å². The summed E-state index contributed by atoms with van der Waals surface area (Å²) in [7, 11) is 0. The van der Waals surface area contributed by atoms with Gasteiger partial charge >= 0.3 is 6.18 Å². The summed E-state index contributed by atoms with van der Waals surface area (Å²) < 4.78 is 51.8. The Balaban J connectivity index is 1.06. The first-order valence-corrected chi connectivity index (χ1v) is 16.0. The molecule has 6 aliphatic rings. The Morgan fingerprint density at radius 3 is 2.27 bits per heavy atom. The van der Waals surface area contributed by atoms with Crippen LogP contribution in [0.1, 0.15) is 106 Å². The fraction of sp³-hybridized carbons (Fsp3) is 0.656. The van der Waals surface area contributed by atoms with Gasteiger partial charge in [-0.2, -0.15) is 23.1 Å². The van der Waals surface area contributed by atoms with E-state index in [4.69, 9.17) is 14.0 Å². The Bertz CT molecular complexity index is 1550. The lowest BCUT2D eigenvalue weighted by Gasteiger charge is -2.45. The van der Waals surface area contributed by atoms with Crippen LogP contribution in [-0.2, 0) is 10.2 Å². The van der Waals surface area contributed by atoms with Crippen LogP contribution >= 0.6 is 0 Å². The van der Waals surface area contributed by atoms with Crippen molar-refractivity contribution in [3.63, 3.8) is 0 Å². The Morgan fingerprint density at radius 1 is 0.932 bits per heavy atom. The van der Waals surface area contributed by atoms with Crippen molar-refractivity contribution < 1.29 is 32.1 Å². The maximum absolute atomic E-state index is 14.0. The third kappa shape index (κ3) is 4.93. The Morgan fingerprint density at radius 2 is 1.59 bits per heavy atom. The topological polar surface area (TPSA) is 118 Å². The molecular formula is C32H36F3N5O4. The number of carbonyl (C=O) groups excluding carboxylic acids is 1. The molecule has 6 aliphatic carbocycles. The first-order valence-electron chi connectivity index (χ1n) is 16.0. The summed E-state index contributed by atoms with van der Waals surface area (Å²) in [6.45, 7) is 0.387. The lowest BCUT2D eigenvalue weighted by atomic mass is 9.69. The highest BCUT2D eigenvalue weighted by Gasteiger charge is 2.63. The number of fused-ring (bicyclic) bond motifs is 4. The SMILES string of the molecule is O=C(C1CC(O)(C(F)(F)F)C1)N(CC1CCC2(c3nc(C4CC4)no3)CCC1CC2)c1cccc(-c2nc(C3CC3)no2)c1. The quantitative estimate of drug-likeness (QED) is 0.309. The monoisotopic (exact) mass is 611 g/mol. The zero-order valence-corrected chi connectivity index (χ0v) is 24.4. The zero-order chi connectivity index (χ0) is 30.3. The van der Waals surface area contributed by atoms with Crippen molar-refractivity contribution in [1.29, 1.82) is 0 Å². The van der Waals surface area contributed by atoms with E-state index >= 15 is 0 Å². The number of amides is 1. The van der Waals surface area contributed by atoms with Crippen LogP contribution in [-0.4, -0.2) is 49.6 Å². The predicted molar refractivity (Wildman–Crippen MR) is 150 cm³/mol. The average Bonchev–Trinajstić information content (AvgIpc) is 3.94. The fourth-order valence-electron chi connectivity index (χ4n) is 7.74. The van der Waals surface area contributed by atoms with Crippen LogP contribution < -0.4 is 4.90 Å². The maximum Gasteiger partial charge on any atom is 0.417 e. The third-order valence-corrected chi connectivity index (χ3v) is 11.0. The molecule has 2 bridgehead atoms. The molecule has 1 atom stereocenters. The molecule has 1 amide bonds. The van der Waals surface area contributed by atoms with E-state index in [2.05, 4.69) is 15.3 Å². The van der Waals surface area contributed by atoms with Crippen molar-refractivity contribution >= 4 is 11.6 Å². The smallest absolute Gasteiger partial charge is 0.380 e. The molecule has 0 saturated heterocycles. The Labute approximate surface area is 252 Å². The zero-order valence-electron chi connectivity index (χ0n) is 24.4. The highest BCUT2D eigenvalue weighted by atomic mass is 19.4. The molecule has 2 aromatic heterocycles. The van der Waals surface area contributed by atoms with E-state index in [9.17, 15) is 23.1 Å². The highest BCUT2D eigenvalue weighted by molar-refractivity contribution is 5.96. The van der Waals surface area contributed by atoms with Crippen LogP contribution in [0, 0.1) is 17.8 Å². The normalized spacial score (nSPS) is 31.9. The van der Waals surface area contributed by atoms with Gasteiger partial charge in [0.05, 0.1) is 0 Å². The minimum absolute atomic E-state index is 0.157. The molecular weight excluding hydrogens is 575 g/mol. The number of anilines is 1. The van der Waals surface area contributed by atoms with Crippen LogP contribution in [0.5, 0.6) is 0 Å². The number of alkyl halides is 3. The van der Waals surface area contributed by atoms with Gasteiger partial charge in [0, 0.05) is 41.0 Å². The second-order valence-electron chi connectivity index (χ2n) is 14.0. The lowest BCUT2D eigenvalue weighted by Crippen LogP contribution is -2.59. The molecule has 0 aliphatic heterocycles. The summed E-state index contributed by atoms with van der Waals surface area (Å²) in [5.41, 5.74) is -1.74. The van der Waals surface area contributed by atoms with E-state index in [1.807, 2.05) is 18.2 Å². The lowest BCUT2D eigenvalue weighted by molar-refractivity contribution is -0.295. The van der Waals surface area contributed by atoms with Gasteiger partial charge in [-0.25, -0.2) is 0 Å². The number of nitrogens with zero attached hydrogens (tertiary/aromatic N) is 5. The standard InChI is InChI=1S/C32H36F3N5O4/c33-32(34,35)31(42)15-23(16-31)28(41)40(24-3-1-2-21(14-24)27-36-25(38-43-27)19-4-5-19)17-22-10-13-30(11-8-18(22)9-12-30)29-37-26(39-44-29)20-6-7-20/h1-3,14,18-20,22-23,42H,4-13,15-17H2. The number of hydrogen-bond donors (Lipinski definition) is 1. The minimum Gasteiger partial charge on any atom is -0.380 e. The molecule has 12 heteroatoms. The number of carbonyl (C=O) groups is 1. The molecule has 44 heavy (non-hydrogen) atoms. The molecule has 3 aromatic rings. The van der Waals surface area contributed by atoms with E-state index in [0.29, 0.717) is 47.3 Å². The maximum atomic E-state index is 14.0. The molecule has 1 aromatic carbocycles. The van der Waals surface area contributed by atoms with Gasteiger partial charge < -0.3 is 19.1 Å².